The summed E-state index contributed by atoms with van der Waals surface area (Å²) in [5.41, 5.74) is 0. The molecule has 100 valence electrons. The molecule has 0 radical (unpaired) electrons. The maximum absolute atomic E-state index is 11.4. The van der Waals surface area contributed by atoms with Crippen LogP contribution in [0.3, 0.4) is 0 Å². The van der Waals surface area contributed by atoms with Gasteiger partial charge in [0.15, 0.2) is 0 Å². The third kappa shape index (κ3) is 11.8. The van der Waals surface area contributed by atoms with E-state index in [4.69, 9.17) is 4.74 Å². The number of thioether (sulfide) groups is 1. The van der Waals surface area contributed by atoms with E-state index in [1.165, 1.54) is 4.91 Å². The maximum Gasteiger partial charge on any atom is 0.230 e. The molecule has 0 heterocycles. The van der Waals surface area contributed by atoms with Gasteiger partial charge in [0.2, 0.25) is 5.91 Å². The zero-order valence-electron chi connectivity index (χ0n) is 11.3. The lowest BCUT2D eigenvalue weighted by molar-refractivity contribution is -0.118. The number of rotatable bonds is 10. The van der Waals surface area contributed by atoms with Crippen molar-refractivity contribution in [1.82, 2.24) is 5.32 Å². The van der Waals surface area contributed by atoms with Crippen molar-refractivity contribution < 1.29 is 9.53 Å². The van der Waals surface area contributed by atoms with Crippen molar-refractivity contribution in [2.24, 2.45) is 0 Å². The molecule has 0 saturated carbocycles. The third-order valence-corrected chi connectivity index (χ3v) is 3.10. The molecule has 0 unspecified atom stereocenters. The third-order valence-electron chi connectivity index (χ3n) is 2.07. The van der Waals surface area contributed by atoms with Crippen LogP contribution in [-0.4, -0.2) is 31.4 Å². The molecular formula is C13H25NO2S. The Kier molecular flexibility index (Phi) is 11.7. The second-order valence-electron chi connectivity index (χ2n) is 3.85. The van der Waals surface area contributed by atoms with Crippen molar-refractivity contribution in [3.8, 4) is 0 Å². The summed E-state index contributed by atoms with van der Waals surface area (Å²) in [5, 5.41) is 2.84. The molecular weight excluding hydrogens is 234 g/mol. The van der Waals surface area contributed by atoms with E-state index in [1.807, 2.05) is 0 Å². The predicted molar refractivity (Wildman–Crippen MR) is 75.2 cm³/mol. The van der Waals surface area contributed by atoms with Crippen LogP contribution in [0.4, 0.5) is 0 Å². The normalized spacial score (nSPS) is 11.6. The maximum atomic E-state index is 11.4. The molecule has 0 rings (SSSR count). The average molecular weight is 259 g/mol. The molecule has 0 aliphatic rings. The molecule has 0 spiro atoms. The fourth-order valence-electron chi connectivity index (χ4n) is 1.15. The number of carbonyl (C=O) groups excluding carboxylic acids is 1. The summed E-state index contributed by atoms with van der Waals surface area (Å²) in [6.45, 7) is 8.26. The minimum atomic E-state index is 0.0827. The largest absolute Gasteiger partial charge is 0.380 e. The molecule has 0 fully saturated rings. The van der Waals surface area contributed by atoms with Crippen LogP contribution in [0.2, 0.25) is 0 Å². The smallest absolute Gasteiger partial charge is 0.230 e. The number of hydrogen-bond acceptors (Lipinski definition) is 3. The minimum absolute atomic E-state index is 0.0827. The van der Waals surface area contributed by atoms with Gasteiger partial charge in [-0.2, -0.15) is 0 Å². The minimum Gasteiger partial charge on any atom is -0.380 e. The molecule has 1 N–H and O–H groups in total. The highest BCUT2D eigenvalue weighted by Gasteiger charge is 2.01. The molecule has 17 heavy (non-hydrogen) atoms. The standard InChI is InChI=1S/C13H25NO2S/c1-4-6-7-12(3)17-11-13(15)14-8-10-16-9-5-2/h7H,4-6,8-11H2,1-3H3,(H,14,15)/b12-7-. The first kappa shape index (κ1) is 16.5. The van der Waals surface area contributed by atoms with Gasteiger partial charge < -0.3 is 10.1 Å². The fourth-order valence-corrected chi connectivity index (χ4v) is 1.84. The zero-order valence-corrected chi connectivity index (χ0v) is 12.1. The molecule has 1 amide bonds. The second-order valence-corrected chi connectivity index (χ2v) is 5.08. The highest BCUT2D eigenvalue weighted by Crippen LogP contribution is 2.15. The molecule has 0 bridgehead atoms. The quantitative estimate of drug-likeness (QED) is 0.613. The van der Waals surface area contributed by atoms with Crippen molar-refractivity contribution in [3.05, 3.63) is 11.0 Å². The monoisotopic (exact) mass is 259 g/mol. The van der Waals surface area contributed by atoms with Crippen LogP contribution >= 0.6 is 11.8 Å². The Morgan fingerprint density at radius 2 is 2.06 bits per heavy atom. The van der Waals surface area contributed by atoms with Gasteiger partial charge in [-0.3, -0.25) is 4.79 Å². The van der Waals surface area contributed by atoms with E-state index in [9.17, 15) is 4.79 Å². The fraction of sp³-hybridized carbons (Fsp3) is 0.769. The van der Waals surface area contributed by atoms with E-state index in [0.29, 0.717) is 18.9 Å². The Morgan fingerprint density at radius 3 is 2.71 bits per heavy atom. The van der Waals surface area contributed by atoms with E-state index in [1.54, 1.807) is 11.8 Å². The Balaban J connectivity index is 3.46. The Bertz CT molecular complexity index is 229. The molecule has 0 aromatic heterocycles. The zero-order chi connectivity index (χ0) is 12.9. The van der Waals surface area contributed by atoms with Crippen LogP contribution < -0.4 is 5.32 Å². The first-order chi connectivity index (χ1) is 8.20. The van der Waals surface area contributed by atoms with Gasteiger partial charge in [-0.25, -0.2) is 0 Å². The number of nitrogens with one attached hydrogen (secondary N) is 1. The number of amides is 1. The van der Waals surface area contributed by atoms with E-state index in [-0.39, 0.29) is 5.91 Å². The number of ether oxygens (including phenoxy) is 1. The van der Waals surface area contributed by atoms with E-state index < -0.39 is 0 Å². The summed E-state index contributed by atoms with van der Waals surface area (Å²) in [6.07, 6.45) is 5.44. The topological polar surface area (TPSA) is 38.3 Å². The Hall–Kier alpha value is -0.480. The molecule has 0 aromatic carbocycles. The lowest BCUT2D eigenvalue weighted by atomic mass is 10.3. The number of unbranched alkanes of at least 4 members (excludes halogenated alkanes) is 1. The van der Waals surface area contributed by atoms with Crippen molar-refractivity contribution in [2.75, 3.05) is 25.5 Å². The van der Waals surface area contributed by atoms with Crippen LogP contribution in [0.5, 0.6) is 0 Å². The van der Waals surface area contributed by atoms with Gasteiger partial charge in [0, 0.05) is 13.2 Å². The van der Waals surface area contributed by atoms with Gasteiger partial charge >= 0.3 is 0 Å². The summed E-state index contributed by atoms with van der Waals surface area (Å²) in [4.78, 5) is 12.7. The first-order valence-corrected chi connectivity index (χ1v) is 7.33. The molecule has 0 saturated heterocycles. The van der Waals surface area contributed by atoms with Gasteiger partial charge in [-0.15, -0.1) is 11.8 Å². The summed E-state index contributed by atoms with van der Waals surface area (Å²) in [6, 6.07) is 0. The predicted octanol–water partition coefficient (Wildman–Crippen LogP) is 2.97. The van der Waals surface area contributed by atoms with Crippen molar-refractivity contribution in [3.63, 3.8) is 0 Å². The second kappa shape index (κ2) is 12.0. The van der Waals surface area contributed by atoms with Crippen LogP contribution in [0.25, 0.3) is 0 Å². The van der Waals surface area contributed by atoms with Gasteiger partial charge in [0.25, 0.3) is 0 Å². The van der Waals surface area contributed by atoms with E-state index >= 15 is 0 Å². The Morgan fingerprint density at radius 1 is 1.29 bits per heavy atom. The molecule has 0 aliphatic carbocycles. The lowest BCUT2D eigenvalue weighted by Crippen LogP contribution is -2.28. The molecule has 0 aliphatic heterocycles. The van der Waals surface area contributed by atoms with E-state index in [2.05, 4.69) is 32.2 Å². The van der Waals surface area contributed by atoms with Crippen molar-refractivity contribution in [1.29, 1.82) is 0 Å². The van der Waals surface area contributed by atoms with Gasteiger partial charge in [-0.05, 0) is 24.7 Å². The molecule has 3 nitrogen and oxygen atoms in total. The molecule has 0 atom stereocenters. The van der Waals surface area contributed by atoms with Gasteiger partial charge in [-0.1, -0.05) is 26.3 Å². The Labute approximate surface area is 109 Å². The highest BCUT2D eigenvalue weighted by atomic mass is 32.2. The SMILES string of the molecule is CCC/C=C(/C)SCC(=O)NCCOCCC. The van der Waals surface area contributed by atoms with Crippen LogP contribution in [0, 0.1) is 0 Å². The first-order valence-electron chi connectivity index (χ1n) is 6.34. The number of allylic oxidation sites excluding steroid dienone is 2. The highest BCUT2D eigenvalue weighted by molar-refractivity contribution is 8.03. The van der Waals surface area contributed by atoms with Crippen LogP contribution in [-0.2, 0) is 9.53 Å². The van der Waals surface area contributed by atoms with E-state index in [0.717, 1.165) is 25.9 Å². The summed E-state index contributed by atoms with van der Waals surface area (Å²) >= 11 is 1.60. The lowest BCUT2D eigenvalue weighted by Gasteiger charge is -2.05. The summed E-state index contributed by atoms with van der Waals surface area (Å²) < 4.78 is 5.28. The van der Waals surface area contributed by atoms with Crippen molar-refractivity contribution >= 4 is 17.7 Å². The number of hydrogen-bond donors (Lipinski definition) is 1. The van der Waals surface area contributed by atoms with Gasteiger partial charge in [0.05, 0.1) is 12.4 Å². The van der Waals surface area contributed by atoms with Crippen LogP contribution in [0.1, 0.15) is 40.0 Å². The molecule has 4 heteroatoms. The summed E-state index contributed by atoms with van der Waals surface area (Å²) in [5.74, 6) is 0.583. The van der Waals surface area contributed by atoms with Crippen LogP contribution in [0.15, 0.2) is 11.0 Å². The summed E-state index contributed by atoms with van der Waals surface area (Å²) in [7, 11) is 0. The molecule has 0 aromatic rings. The van der Waals surface area contributed by atoms with Crippen molar-refractivity contribution in [2.45, 2.75) is 40.0 Å². The number of carbonyl (C=O) groups is 1. The van der Waals surface area contributed by atoms with Gasteiger partial charge in [0.1, 0.15) is 0 Å². The average Bonchev–Trinajstić information content (AvgIpc) is 2.33.